The summed E-state index contributed by atoms with van der Waals surface area (Å²) in [5.74, 6) is 0. The van der Waals surface area contributed by atoms with Crippen LogP contribution >= 0.6 is 15.9 Å². The van der Waals surface area contributed by atoms with E-state index in [0.717, 1.165) is 30.3 Å². The van der Waals surface area contributed by atoms with E-state index in [1.807, 2.05) is 0 Å². The molecule has 0 saturated heterocycles. The first-order valence-corrected chi connectivity index (χ1v) is 7.53. The van der Waals surface area contributed by atoms with Gasteiger partial charge in [0.2, 0.25) is 0 Å². The fraction of sp³-hybridized carbons (Fsp3) is 0.500. The molecule has 0 radical (unpaired) electrons. The first-order valence-electron chi connectivity index (χ1n) is 6.74. The molecule has 1 nitrogen and oxygen atoms in total. The SMILES string of the molecule is C=C(CC)CC(NCCC)c1cc(Br)ccc1C. The van der Waals surface area contributed by atoms with E-state index in [1.54, 1.807) is 0 Å². The number of benzene rings is 1. The second kappa shape index (κ2) is 7.75. The molecule has 0 fully saturated rings. The van der Waals surface area contributed by atoms with Crippen LogP contribution in [0.3, 0.4) is 0 Å². The lowest BCUT2D eigenvalue weighted by Gasteiger charge is -2.22. The van der Waals surface area contributed by atoms with Crippen LogP contribution in [0.25, 0.3) is 0 Å². The molecule has 0 amide bonds. The van der Waals surface area contributed by atoms with Crippen molar-refractivity contribution < 1.29 is 0 Å². The highest BCUT2D eigenvalue weighted by Gasteiger charge is 2.14. The average Bonchev–Trinajstić information content (AvgIpc) is 2.37. The van der Waals surface area contributed by atoms with Crippen LogP contribution in [0.4, 0.5) is 0 Å². The predicted molar refractivity (Wildman–Crippen MR) is 84.0 cm³/mol. The van der Waals surface area contributed by atoms with Crippen molar-refractivity contribution in [3.63, 3.8) is 0 Å². The fourth-order valence-electron chi connectivity index (χ4n) is 2.03. The minimum Gasteiger partial charge on any atom is -0.310 e. The number of halogens is 1. The molecule has 2 heteroatoms. The monoisotopic (exact) mass is 309 g/mol. The van der Waals surface area contributed by atoms with E-state index >= 15 is 0 Å². The summed E-state index contributed by atoms with van der Waals surface area (Å²) in [6.45, 7) is 11.7. The predicted octanol–water partition coefficient (Wildman–Crippen LogP) is 5.15. The van der Waals surface area contributed by atoms with Gasteiger partial charge >= 0.3 is 0 Å². The maximum absolute atomic E-state index is 4.15. The Kier molecular flexibility index (Phi) is 6.66. The van der Waals surface area contributed by atoms with Crippen molar-refractivity contribution in [3.8, 4) is 0 Å². The zero-order valence-electron chi connectivity index (χ0n) is 11.7. The number of nitrogens with one attached hydrogen (secondary N) is 1. The molecule has 0 aliphatic carbocycles. The van der Waals surface area contributed by atoms with Gasteiger partial charge in [-0.25, -0.2) is 0 Å². The Morgan fingerprint density at radius 2 is 2.11 bits per heavy atom. The van der Waals surface area contributed by atoms with Crippen LogP contribution in [0.5, 0.6) is 0 Å². The lowest BCUT2D eigenvalue weighted by Crippen LogP contribution is -2.23. The Morgan fingerprint density at radius 1 is 1.39 bits per heavy atom. The quantitative estimate of drug-likeness (QED) is 0.686. The third kappa shape index (κ3) is 4.58. The maximum Gasteiger partial charge on any atom is 0.0360 e. The number of hydrogen-bond acceptors (Lipinski definition) is 1. The average molecular weight is 310 g/mol. The zero-order valence-corrected chi connectivity index (χ0v) is 13.3. The van der Waals surface area contributed by atoms with Crippen molar-refractivity contribution >= 4 is 15.9 Å². The molecule has 1 N–H and O–H groups in total. The fourth-order valence-corrected chi connectivity index (χ4v) is 2.41. The zero-order chi connectivity index (χ0) is 13.5. The van der Waals surface area contributed by atoms with Gasteiger partial charge in [0.25, 0.3) is 0 Å². The summed E-state index contributed by atoms with van der Waals surface area (Å²) in [7, 11) is 0. The number of hydrogen-bond donors (Lipinski definition) is 1. The van der Waals surface area contributed by atoms with Crippen LogP contribution in [0.1, 0.15) is 50.3 Å². The number of aryl methyl sites for hydroxylation is 1. The van der Waals surface area contributed by atoms with Gasteiger partial charge in [-0.2, -0.15) is 0 Å². The van der Waals surface area contributed by atoms with Crippen LogP contribution < -0.4 is 5.32 Å². The van der Waals surface area contributed by atoms with Gasteiger partial charge in [0, 0.05) is 10.5 Å². The second-order valence-corrected chi connectivity index (χ2v) is 5.73. The Bertz CT molecular complexity index is 398. The van der Waals surface area contributed by atoms with Gasteiger partial charge < -0.3 is 5.32 Å². The first-order chi connectivity index (χ1) is 8.58. The summed E-state index contributed by atoms with van der Waals surface area (Å²) in [5, 5.41) is 3.64. The van der Waals surface area contributed by atoms with Gasteiger partial charge in [-0.15, -0.1) is 0 Å². The summed E-state index contributed by atoms with van der Waals surface area (Å²) < 4.78 is 1.15. The third-order valence-corrected chi connectivity index (χ3v) is 3.74. The molecule has 1 aromatic carbocycles. The van der Waals surface area contributed by atoms with Crippen LogP contribution in [-0.4, -0.2) is 6.54 Å². The maximum atomic E-state index is 4.15. The van der Waals surface area contributed by atoms with Crippen molar-refractivity contribution in [1.29, 1.82) is 0 Å². The second-order valence-electron chi connectivity index (χ2n) is 4.82. The largest absolute Gasteiger partial charge is 0.310 e. The number of rotatable bonds is 7. The van der Waals surface area contributed by atoms with Gasteiger partial charge in [0.1, 0.15) is 0 Å². The Hall–Kier alpha value is -0.600. The molecule has 1 atom stereocenters. The van der Waals surface area contributed by atoms with E-state index in [0.29, 0.717) is 6.04 Å². The van der Waals surface area contributed by atoms with E-state index in [4.69, 9.17) is 0 Å². The molecule has 100 valence electrons. The smallest absolute Gasteiger partial charge is 0.0360 e. The van der Waals surface area contributed by atoms with E-state index < -0.39 is 0 Å². The van der Waals surface area contributed by atoms with Gasteiger partial charge in [-0.3, -0.25) is 0 Å². The topological polar surface area (TPSA) is 12.0 Å². The highest BCUT2D eigenvalue weighted by molar-refractivity contribution is 9.10. The molecular weight excluding hydrogens is 286 g/mol. The van der Waals surface area contributed by atoms with E-state index in [9.17, 15) is 0 Å². The van der Waals surface area contributed by atoms with E-state index in [2.05, 4.69) is 66.8 Å². The van der Waals surface area contributed by atoms with E-state index in [-0.39, 0.29) is 0 Å². The lowest BCUT2D eigenvalue weighted by atomic mass is 9.95. The Labute approximate surface area is 120 Å². The summed E-state index contributed by atoms with van der Waals surface area (Å²) in [6.07, 6.45) is 3.23. The molecule has 1 aromatic rings. The standard InChI is InChI=1S/C16H24BrN/c1-5-9-18-16(10-12(3)6-2)15-11-14(17)8-7-13(15)4/h7-8,11,16,18H,3,5-6,9-10H2,1-2,4H3. The van der Waals surface area contributed by atoms with Gasteiger partial charge in [-0.1, -0.05) is 48.0 Å². The molecular formula is C16H24BrN. The molecule has 0 saturated carbocycles. The molecule has 1 rings (SSSR count). The van der Waals surface area contributed by atoms with Crippen molar-refractivity contribution in [2.45, 2.75) is 46.1 Å². The lowest BCUT2D eigenvalue weighted by molar-refractivity contribution is 0.521. The molecule has 0 bridgehead atoms. The molecule has 18 heavy (non-hydrogen) atoms. The van der Waals surface area contributed by atoms with Crippen LogP contribution in [0.15, 0.2) is 34.8 Å². The van der Waals surface area contributed by atoms with Crippen molar-refractivity contribution in [1.82, 2.24) is 5.32 Å². The van der Waals surface area contributed by atoms with Crippen LogP contribution in [0, 0.1) is 6.92 Å². The molecule has 0 aliphatic heterocycles. The van der Waals surface area contributed by atoms with Crippen molar-refractivity contribution in [2.24, 2.45) is 0 Å². The van der Waals surface area contributed by atoms with Gasteiger partial charge in [0.15, 0.2) is 0 Å². The van der Waals surface area contributed by atoms with Crippen LogP contribution in [0.2, 0.25) is 0 Å². The summed E-state index contributed by atoms with van der Waals surface area (Å²) in [4.78, 5) is 0. The summed E-state index contributed by atoms with van der Waals surface area (Å²) >= 11 is 3.57. The molecule has 0 aliphatic rings. The normalized spacial score (nSPS) is 12.4. The van der Waals surface area contributed by atoms with Crippen molar-refractivity contribution in [2.75, 3.05) is 6.54 Å². The molecule has 0 spiro atoms. The Balaban J connectivity index is 2.92. The molecule has 1 unspecified atom stereocenters. The molecule has 0 heterocycles. The summed E-state index contributed by atoms with van der Waals surface area (Å²) in [5.41, 5.74) is 4.03. The highest BCUT2D eigenvalue weighted by Crippen LogP contribution is 2.27. The van der Waals surface area contributed by atoms with Crippen molar-refractivity contribution in [3.05, 3.63) is 46.0 Å². The minimum absolute atomic E-state index is 0.384. The van der Waals surface area contributed by atoms with Gasteiger partial charge in [-0.05, 0) is 56.0 Å². The highest BCUT2D eigenvalue weighted by atomic mass is 79.9. The summed E-state index contributed by atoms with van der Waals surface area (Å²) in [6, 6.07) is 6.89. The third-order valence-electron chi connectivity index (χ3n) is 3.25. The first kappa shape index (κ1) is 15.5. The molecule has 0 aromatic heterocycles. The van der Waals surface area contributed by atoms with Gasteiger partial charge in [0.05, 0.1) is 0 Å². The van der Waals surface area contributed by atoms with E-state index in [1.165, 1.54) is 16.7 Å². The Morgan fingerprint density at radius 3 is 2.72 bits per heavy atom. The van der Waals surface area contributed by atoms with Crippen LogP contribution in [-0.2, 0) is 0 Å². The minimum atomic E-state index is 0.384.